The van der Waals surface area contributed by atoms with Crippen molar-refractivity contribution in [2.75, 3.05) is 0 Å². The molecule has 1 aliphatic heterocycles. The Kier molecular flexibility index (Phi) is 6.39. The van der Waals surface area contributed by atoms with Crippen molar-refractivity contribution in [2.24, 2.45) is 4.99 Å². The summed E-state index contributed by atoms with van der Waals surface area (Å²) in [6, 6.07) is 27.6. The molecule has 34 heavy (non-hydrogen) atoms. The number of nitrogens with one attached hydrogen (secondary N) is 1. The van der Waals surface area contributed by atoms with E-state index in [0.29, 0.717) is 21.7 Å². The van der Waals surface area contributed by atoms with E-state index in [9.17, 15) is 4.79 Å². The molecule has 1 fully saturated rings. The highest BCUT2D eigenvalue weighted by Crippen LogP contribution is 2.35. The van der Waals surface area contributed by atoms with Crippen LogP contribution in [-0.4, -0.2) is 11.1 Å². The van der Waals surface area contributed by atoms with E-state index in [1.807, 2.05) is 91.9 Å². The minimum atomic E-state index is -0.189. The van der Waals surface area contributed by atoms with Crippen LogP contribution in [0.3, 0.4) is 0 Å². The second-order valence-corrected chi connectivity index (χ2v) is 9.28. The van der Waals surface area contributed by atoms with Crippen LogP contribution in [0.15, 0.2) is 94.8 Å². The molecule has 0 unspecified atom stereocenters. The molecule has 0 bridgehead atoms. The molecule has 1 aliphatic rings. The Morgan fingerprint density at radius 2 is 1.76 bits per heavy atom. The monoisotopic (exact) mass is 484 g/mol. The lowest BCUT2D eigenvalue weighted by molar-refractivity contribution is -0.115. The molecular formula is C28H21ClN2O2S. The van der Waals surface area contributed by atoms with Gasteiger partial charge in [-0.1, -0.05) is 78.3 Å². The van der Waals surface area contributed by atoms with E-state index in [2.05, 4.69) is 16.4 Å². The minimum Gasteiger partial charge on any atom is -0.488 e. The Hall–Kier alpha value is -3.54. The van der Waals surface area contributed by atoms with Gasteiger partial charge in [0.1, 0.15) is 12.4 Å². The van der Waals surface area contributed by atoms with Crippen molar-refractivity contribution in [3.05, 3.63) is 112 Å². The number of fused-ring (bicyclic) bond motifs is 1. The minimum absolute atomic E-state index is 0.189. The first-order chi connectivity index (χ1) is 16.6. The molecule has 1 heterocycles. The molecule has 0 spiro atoms. The zero-order chi connectivity index (χ0) is 23.5. The molecule has 168 valence electrons. The molecule has 4 nitrogen and oxygen atoms in total. The lowest BCUT2D eigenvalue weighted by Crippen LogP contribution is -2.19. The Labute approximate surface area is 207 Å². The standard InChI is InChI=1S/C28H21ClN2O2S/c1-18-23(29)12-7-13-24(18)30-28-31-27(32)26(34-28)16-22-21-11-6-5-10-20(21)14-15-25(22)33-17-19-8-3-2-4-9-19/h2-16H,17H2,1H3,(H,30,31,32)/b26-16-. The summed E-state index contributed by atoms with van der Waals surface area (Å²) in [6.45, 7) is 2.35. The predicted octanol–water partition coefficient (Wildman–Crippen LogP) is 7.27. The topological polar surface area (TPSA) is 50.7 Å². The van der Waals surface area contributed by atoms with Gasteiger partial charge in [-0.15, -0.1) is 0 Å². The number of carbonyl (C=O) groups is 1. The lowest BCUT2D eigenvalue weighted by Gasteiger charge is -2.12. The van der Waals surface area contributed by atoms with Gasteiger partial charge in [-0.2, -0.15) is 0 Å². The maximum absolute atomic E-state index is 12.8. The number of hydrogen-bond acceptors (Lipinski definition) is 4. The molecule has 6 heteroatoms. The Bertz CT molecular complexity index is 1450. The van der Waals surface area contributed by atoms with Crippen molar-refractivity contribution in [3.63, 3.8) is 0 Å². The molecule has 0 atom stereocenters. The quantitative estimate of drug-likeness (QED) is 0.303. The summed E-state index contributed by atoms with van der Waals surface area (Å²) < 4.78 is 6.20. The van der Waals surface area contributed by atoms with E-state index in [1.165, 1.54) is 11.8 Å². The molecule has 0 aromatic heterocycles. The Morgan fingerprint density at radius 3 is 2.62 bits per heavy atom. The first-order valence-electron chi connectivity index (χ1n) is 10.8. The van der Waals surface area contributed by atoms with Gasteiger partial charge in [0.2, 0.25) is 0 Å². The van der Waals surface area contributed by atoms with Gasteiger partial charge in [-0.05, 0) is 64.9 Å². The van der Waals surface area contributed by atoms with Crippen LogP contribution in [0, 0.1) is 6.92 Å². The Morgan fingerprint density at radius 1 is 0.971 bits per heavy atom. The molecule has 0 saturated carbocycles. The van der Waals surface area contributed by atoms with Crippen molar-refractivity contribution < 1.29 is 9.53 Å². The number of carbonyl (C=O) groups excluding carboxylic acids is 1. The number of nitrogens with zero attached hydrogens (tertiary/aromatic N) is 1. The second-order valence-electron chi connectivity index (χ2n) is 7.84. The summed E-state index contributed by atoms with van der Waals surface area (Å²) in [5, 5.41) is 6.13. The van der Waals surface area contributed by atoms with Crippen molar-refractivity contribution in [1.82, 2.24) is 5.32 Å². The highest BCUT2D eigenvalue weighted by Gasteiger charge is 2.25. The van der Waals surface area contributed by atoms with Crippen LogP contribution < -0.4 is 10.1 Å². The normalized spacial score (nSPS) is 15.8. The molecule has 4 aromatic rings. The summed E-state index contributed by atoms with van der Waals surface area (Å²) in [6.07, 6.45) is 1.88. The summed E-state index contributed by atoms with van der Waals surface area (Å²) in [7, 11) is 0. The fourth-order valence-corrected chi connectivity index (χ4v) is 4.71. The molecule has 1 amide bonds. The van der Waals surface area contributed by atoms with Crippen LogP contribution >= 0.6 is 23.4 Å². The third kappa shape index (κ3) is 4.72. The SMILES string of the molecule is Cc1c(Cl)cccc1N=C1NC(=O)/C(=C/c2c(OCc3ccccc3)ccc3ccccc23)S1. The number of ether oxygens (including phenoxy) is 1. The summed E-state index contributed by atoms with van der Waals surface area (Å²) in [5.41, 5.74) is 3.55. The van der Waals surface area contributed by atoms with Crippen molar-refractivity contribution in [3.8, 4) is 5.75 Å². The maximum atomic E-state index is 12.8. The number of amidine groups is 1. The van der Waals surface area contributed by atoms with Gasteiger partial charge in [0, 0.05) is 10.6 Å². The number of aliphatic imine (C=N–C) groups is 1. The van der Waals surface area contributed by atoms with Crippen LogP contribution in [0.2, 0.25) is 5.02 Å². The molecule has 0 aliphatic carbocycles. The first kappa shape index (κ1) is 22.3. The highest BCUT2D eigenvalue weighted by atomic mass is 35.5. The van der Waals surface area contributed by atoms with Gasteiger partial charge in [-0.3, -0.25) is 4.79 Å². The summed E-state index contributed by atoms with van der Waals surface area (Å²) in [4.78, 5) is 18.0. The average Bonchev–Trinajstić information content (AvgIpc) is 3.20. The van der Waals surface area contributed by atoms with Crippen LogP contribution in [0.1, 0.15) is 16.7 Å². The van der Waals surface area contributed by atoms with E-state index in [-0.39, 0.29) is 5.91 Å². The third-order valence-electron chi connectivity index (χ3n) is 5.56. The highest BCUT2D eigenvalue weighted by molar-refractivity contribution is 8.18. The maximum Gasteiger partial charge on any atom is 0.264 e. The van der Waals surface area contributed by atoms with Gasteiger partial charge in [-0.25, -0.2) is 4.99 Å². The average molecular weight is 485 g/mol. The molecule has 4 aromatic carbocycles. The molecule has 1 N–H and O–H groups in total. The van der Waals surface area contributed by atoms with E-state index >= 15 is 0 Å². The van der Waals surface area contributed by atoms with Crippen LogP contribution in [0.25, 0.3) is 16.8 Å². The van der Waals surface area contributed by atoms with Gasteiger partial charge in [0.05, 0.1) is 10.6 Å². The zero-order valence-electron chi connectivity index (χ0n) is 18.4. The van der Waals surface area contributed by atoms with E-state index < -0.39 is 0 Å². The fraction of sp³-hybridized carbons (Fsp3) is 0.0714. The van der Waals surface area contributed by atoms with Crippen molar-refractivity contribution in [1.29, 1.82) is 0 Å². The summed E-state index contributed by atoms with van der Waals surface area (Å²) in [5.74, 6) is 0.532. The number of amides is 1. The van der Waals surface area contributed by atoms with Gasteiger partial charge in [0.25, 0.3) is 5.91 Å². The van der Waals surface area contributed by atoms with Gasteiger partial charge < -0.3 is 10.1 Å². The smallest absolute Gasteiger partial charge is 0.264 e. The molecule has 0 radical (unpaired) electrons. The zero-order valence-corrected chi connectivity index (χ0v) is 20.0. The molecule has 1 saturated heterocycles. The van der Waals surface area contributed by atoms with Gasteiger partial charge in [0.15, 0.2) is 5.17 Å². The lowest BCUT2D eigenvalue weighted by atomic mass is 10.0. The number of halogens is 1. The van der Waals surface area contributed by atoms with Crippen LogP contribution in [0.4, 0.5) is 5.69 Å². The first-order valence-corrected chi connectivity index (χ1v) is 12.0. The number of hydrogen-bond donors (Lipinski definition) is 1. The number of thioether (sulfide) groups is 1. The van der Waals surface area contributed by atoms with E-state index in [1.54, 1.807) is 0 Å². The molecular weight excluding hydrogens is 464 g/mol. The fourth-order valence-electron chi connectivity index (χ4n) is 3.72. The third-order valence-corrected chi connectivity index (χ3v) is 6.87. The van der Waals surface area contributed by atoms with Crippen molar-refractivity contribution >= 4 is 57.0 Å². The molecule has 5 rings (SSSR count). The largest absolute Gasteiger partial charge is 0.488 e. The van der Waals surface area contributed by atoms with E-state index in [0.717, 1.165) is 38.9 Å². The second kappa shape index (κ2) is 9.75. The predicted molar refractivity (Wildman–Crippen MR) is 142 cm³/mol. The summed E-state index contributed by atoms with van der Waals surface area (Å²) >= 11 is 7.53. The van der Waals surface area contributed by atoms with E-state index in [4.69, 9.17) is 16.3 Å². The van der Waals surface area contributed by atoms with Crippen LogP contribution in [0.5, 0.6) is 5.75 Å². The van der Waals surface area contributed by atoms with Crippen molar-refractivity contribution in [2.45, 2.75) is 13.5 Å². The van der Waals surface area contributed by atoms with Gasteiger partial charge >= 0.3 is 0 Å². The Balaban J connectivity index is 1.50. The number of benzene rings is 4. The number of rotatable bonds is 5. The van der Waals surface area contributed by atoms with Crippen LogP contribution in [-0.2, 0) is 11.4 Å².